The molecule has 0 aromatic heterocycles. The summed E-state index contributed by atoms with van der Waals surface area (Å²) in [6, 6.07) is 0. The van der Waals surface area contributed by atoms with Crippen molar-refractivity contribution in [1.82, 2.24) is 0 Å². The maximum absolute atomic E-state index is 11.5. The second-order valence-corrected chi connectivity index (χ2v) is 15.4. The molecule has 5 fully saturated rings. The van der Waals surface area contributed by atoms with E-state index in [9.17, 15) is 9.90 Å². The Hall–Kier alpha value is -0.530. The van der Waals surface area contributed by atoms with Crippen molar-refractivity contribution in [3.05, 3.63) is 0 Å². The molecule has 0 saturated heterocycles. The summed E-state index contributed by atoms with van der Waals surface area (Å²) < 4.78 is 0. The molecule has 0 spiro atoms. The van der Waals surface area contributed by atoms with E-state index in [1.54, 1.807) is 0 Å². The fourth-order valence-corrected chi connectivity index (χ4v) is 12.4. The topological polar surface area (TPSA) is 37.3 Å². The number of carboxylic acid groups (broad SMARTS) is 1. The molecular formula is C31H52O2. The smallest absolute Gasteiger partial charge is 0.303 e. The van der Waals surface area contributed by atoms with Crippen molar-refractivity contribution in [3.63, 3.8) is 0 Å². The van der Waals surface area contributed by atoms with E-state index < -0.39 is 5.97 Å². The largest absolute Gasteiger partial charge is 0.481 e. The molecule has 1 N–H and O–H groups in total. The van der Waals surface area contributed by atoms with Crippen LogP contribution in [0.1, 0.15) is 126 Å². The second kappa shape index (κ2) is 7.49. The summed E-state index contributed by atoms with van der Waals surface area (Å²) in [5.41, 5.74) is 2.36. The lowest BCUT2D eigenvalue weighted by Gasteiger charge is -2.73. The zero-order chi connectivity index (χ0) is 24.0. The third-order valence-corrected chi connectivity index (χ3v) is 14.0. The van der Waals surface area contributed by atoms with Crippen molar-refractivity contribution in [3.8, 4) is 0 Å². The van der Waals surface area contributed by atoms with Gasteiger partial charge in [0.05, 0.1) is 0 Å². The van der Waals surface area contributed by atoms with Crippen LogP contribution in [0.2, 0.25) is 0 Å². The molecule has 0 aliphatic heterocycles. The first-order valence-corrected chi connectivity index (χ1v) is 14.5. The van der Waals surface area contributed by atoms with E-state index in [0.717, 1.165) is 23.7 Å². The quantitative estimate of drug-likeness (QED) is 0.461. The molecule has 2 nitrogen and oxygen atoms in total. The lowest BCUT2D eigenvalue weighted by atomic mass is 9.32. The van der Waals surface area contributed by atoms with Crippen molar-refractivity contribution in [2.75, 3.05) is 0 Å². The van der Waals surface area contributed by atoms with Gasteiger partial charge in [0.1, 0.15) is 0 Å². The van der Waals surface area contributed by atoms with Crippen molar-refractivity contribution >= 4 is 5.97 Å². The predicted octanol–water partition coefficient (Wildman–Crippen LogP) is 8.59. The van der Waals surface area contributed by atoms with Crippen LogP contribution in [0.3, 0.4) is 0 Å². The molecule has 0 amide bonds. The van der Waals surface area contributed by atoms with Crippen molar-refractivity contribution < 1.29 is 9.90 Å². The third-order valence-electron chi connectivity index (χ3n) is 14.0. The molecule has 5 aliphatic carbocycles. The van der Waals surface area contributed by atoms with E-state index in [0.29, 0.717) is 45.3 Å². The van der Waals surface area contributed by atoms with Gasteiger partial charge in [0.15, 0.2) is 0 Å². The van der Waals surface area contributed by atoms with Gasteiger partial charge < -0.3 is 5.11 Å². The van der Waals surface area contributed by atoms with E-state index in [-0.39, 0.29) is 0 Å². The summed E-state index contributed by atoms with van der Waals surface area (Å²) in [5, 5.41) is 9.45. The van der Waals surface area contributed by atoms with Gasteiger partial charge in [-0.15, -0.1) is 0 Å². The predicted molar refractivity (Wildman–Crippen MR) is 136 cm³/mol. The Labute approximate surface area is 204 Å². The van der Waals surface area contributed by atoms with Crippen LogP contribution < -0.4 is 0 Å². The number of fused-ring (bicyclic) bond motifs is 7. The molecule has 1 unspecified atom stereocenters. The molecule has 0 aromatic rings. The number of carbonyl (C=O) groups is 1. The van der Waals surface area contributed by atoms with Gasteiger partial charge in [-0.2, -0.15) is 0 Å². The summed E-state index contributed by atoms with van der Waals surface area (Å²) in [5.74, 6) is 3.68. The maximum atomic E-state index is 11.5. The minimum atomic E-state index is -0.606. The first-order chi connectivity index (χ1) is 15.3. The summed E-state index contributed by atoms with van der Waals surface area (Å²) in [6.45, 7) is 18.2. The summed E-state index contributed by atoms with van der Waals surface area (Å²) in [7, 11) is 0. The molecule has 188 valence electrons. The van der Waals surface area contributed by atoms with E-state index in [1.807, 2.05) is 0 Å². The van der Waals surface area contributed by atoms with Crippen LogP contribution in [-0.4, -0.2) is 11.1 Å². The van der Waals surface area contributed by atoms with Crippen LogP contribution in [0.5, 0.6) is 0 Å². The van der Waals surface area contributed by atoms with Crippen LogP contribution >= 0.6 is 0 Å². The Morgan fingerprint density at radius 2 is 1.36 bits per heavy atom. The molecule has 0 radical (unpaired) electrons. The van der Waals surface area contributed by atoms with E-state index in [4.69, 9.17) is 0 Å². The van der Waals surface area contributed by atoms with Crippen LogP contribution in [-0.2, 0) is 4.79 Å². The molecule has 2 heteroatoms. The molecule has 5 aliphatic rings. The summed E-state index contributed by atoms with van der Waals surface area (Å²) >= 11 is 0. The highest BCUT2D eigenvalue weighted by atomic mass is 16.4. The van der Waals surface area contributed by atoms with Crippen molar-refractivity contribution in [2.45, 2.75) is 126 Å². The minimum Gasteiger partial charge on any atom is -0.481 e. The van der Waals surface area contributed by atoms with E-state index >= 15 is 0 Å². The van der Waals surface area contributed by atoms with Gasteiger partial charge >= 0.3 is 5.97 Å². The number of aliphatic carboxylic acids is 1. The Morgan fingerprint density at radius 3 is 2.00 bits per heavy atom. The van der Waals surface area contributed by atoms with Gasteiger partial charge in [0, 0.05) is 6.42 Å². The molecule has 0 aromatic carbocycles. The van der Waals surface area contributed by atoms with Crippen molar-refractivity contribution in [1.29, 1.82) is 0 Å². The highest BCUT2D eigenvalue weighted by Gasteiger charge is 2.70. The molecule has 5 saturated carbocycles. The zero-order valence-corrected chi connectivity index (χ0v) is 22.8. The average molecular weight is 457 g/mol. The Morgan fingerprint density at radius 1 is 0.758 bits per heavy atom. The van der Waals surface area contributed by atoms with E-state index in [1.165, 1.54) is 70.6 Å². The summed E-state index contributed by atoms with van der Waals surface area (Å²) in [4.78, 5) is 11.5. The van der Waals surface area contributed by atoms with Gasteiger partial charge in [-0.25, -0.2) is 0 Å². The highest BCUT2D eigenvalue weighted by Crippen LogP contribution is 2.78. The van der Waals surface area contributed by atoms with Crippen LogP contribution in [0, 0.1) is 62.6 Å². The van der Waals surface area contributed by atoms with Crippen LogP contribution in [0.25, 0.3) is 0 Å². The second-order valence-electron chi connectivity index (χ2n) is 15.4. The first-order valence-electron chi connectivity index (χ1n) is 14.5. The fraction of sp³-hybridized carbons (Fsp3) is 0.968. The molecule has 5 rings (SSSR count). The standard InChI is InChI=1S/C31H52O2/c1-20(19-26(32)33)21-11-16-28(4)22(21)12-17-30(6)24(28)9-10-25-29(5)15-8-14-27(2,3)23(29)13-18-31(25,30)7/h20-25H,8-19H2,1-7H3,(H,32,33)/t20?,21-,22-,23+,24-,25-,28+,29+,30-,31-/m1/s1. The molecule has 0 bridgehead atoms. The van der Waals surface area contributed by atoms with Crippen LogP contribution in [0.4, 0.5) is 0 Å². The minimum absolute atomic E-state index is 0.324. The SMILES string of the molecule is CC(CC(=O)O)[C@H]1CC[C@@]2(C)[C@@H]1CC[C@]1(C)[C@@H]2CC[C@@H]2[C@@]3(C)CCCC(C)(C)[C@@H]3CC[C@]21C. The monoisotopic (exact) mass is 456 g/mol. The molecule has 0 heterocycles. The third kappa shape index (κ3) is 3.13. The fourth-order valence-electron chi connectivity index (χ4n) is 12.4. The first kappa shape index (κ1) is 24.2. The Bertz CT molecular complexity index is 801. The van der Waals surface area contributed by atoms with Gasteiger partial charge in [0.2, 0.25) is 0 Å². The number of hydrogen-bond acceptors (Lipinski definition) is 1. The normalized spacial score (nSPS) is 53.8. The lowest BCUT2D eigenvalue weighted by Crippen LogP contribution is -2.65. The number of hydrogen-bond donors (Lipinski definition) is 1. The molecule has 33 heavy (non-hydrogen) atoms. The summed E-state index contributed by atoms with van der Waals surface area (Å²) in [6.07, 6.45) is 15.7. The van der Waals surface area contributed by atoms with Crippen LogP contribution in [0.15, 0.2) is 0 Å². The van der Waals surface area contributed by atoms with E-state index in [2.05, 4.69) is 48.5 Å². The van der Waals surface area contributed by atoms with Gasteiger partial charge in [-0.3, -0.25) is 4.79 Å². The zero-order valence-electron chi connectivity index (χ0n) is 22.8. The Balaban J connectivity index is 1.46. The van der Waals surface area contributed by atoms with Gasteiger partial charge in [-0.1, -0.05) is 54.9 Å². The number of rotatable bonds is 3. The Kier molecular flexibility index (Phi) is 5.49. The van der Waals surface area contributed by atoms with Gasteiger partial charge in [-0.05, 0) is 127 Å². The van der Waals surface area contributed by atoms with Gasteiger partial charge in [0.25, 0.3) is 0 Å². The average Bonchev–Trinajstić information content (AvgIpc) is 3.04. The molecular weight excluding hydrogens is 404 g/mol. The lowest BCUT2D eigenvalue weighted by molar-refractivity contribution is -0.241. The highest BCUT2D eigenvalue weighted by molar-refractivity contribution is 5.67. The molecule has 10 atom stereocenters. The van der Waals surface area contributed by atoms with Crippen molar-refractivity contribution in [2.24, 2.45) is 62.6 Å². The maximum Gasteiger partial charge on any atom is 0.303 e. The number of carboxylic acids is 1.